The molecule has 2 aromatic rings. The van der Waals surface area contributed by atoms with Crippen LogP contribution in [0.1, 0.15) is 23.0 Å². The lowest BCUT2D eigenvalue weighted by Crippen LogP contribution is -2.14. The summed E-state index contributed by atoms with van der Waals surface area (Å²) in [6, 6.07) is 4.81. The highest BCUT2D eigenvalue weighted by Crippen LogP contribution is 2.20. The lowest BCUT2D eigenvalue weighted by Gasteiger charge is -2.07. The largest absolute Gasteiger partial charge is 0.398 e. The molecule has 0 radical (unpaired) electrons. The Kier molecular flexibility index (Phi) is 3.76. The molecule has 5 nitrogen and oxygen atoms in total. The number of aromatic nitrogens is 2. The molecule has 1 aromatic carbocycles. The van der Waals surface area contributed by atoms with Crippen molar-refractivity contribution in [3.63, 3.8) is 0 Å². The molecule has 6 heteroatoms. The van der Waals surface area contributed by atoms with Crippen LogP contribution in [-0.4, -0.2) is 15.7 Å². The fourth-order valence-corrected chi connectivity index (χ4v) is 1.99. The molecular weight excluding hydrogens is 264 g/mol. The van der Waals surface area contributed by atoms with Gasteiger partial charge in [0.1, 0.15) is 0 Å². The van der Waals surface area contributed by atoms with E-state index in [1.54, 1.807) is 29.1 Å². The van der Waals surface area contributed by atoms with E-state index < -0.39 is 0 Å². The minimum absolute atomic E-state index is 0.289. The molecule has 3 N–H and O–H groups in total. The number of rotatable bonds is 3. The number of amides is 1. The molecule has 19 heavy (non-hydrogen) atoms. The van der Waals surface area contributed by atoms with E-state index in [2.05, 4.69) is 10.4 Å². The number of hydrogen-bond acceptors (Lipinski definition) is 3. The third kappa shape index (κ3) is 2.88. The van der Waals surface area contributed by atoms with Crippen molar-refractivity contribution >= 4 is 28.9 Å². The molecule has 1 heterocycles. The second-order valence-corrected chi connectivity index (χ2v) is 4.64. The van der Waals surface area contributed by atoms with E-state index in [9.17, 15) is 4.79 Å². The van der Waals surface area contributed by atoms with E-state index in [1.807, 2.05) is 14.0 Å². The summed E-state index contributed by atoms with van der Waals surface area (Å²) in [5, 5.41) is 7.54. The van der Waals surface area contributed by atoms with Crippen molar-refractivity contribution in [1.29, 1.82) is 0 Å². The average Bonchev–Trinajstić information content (AvgIpc) is 2.72. The van der Waals surface area contributed by atoms with Gasteiger partial charge in [-0.2, -0.15) is 5.10 Å². The summed E-state index contributed by atoms with van der Waals surface area (Å²) in [6.07, 6.45) is 2.50. The maximum absolute atomic E-state index is 12.2. The highest BCUT2D eigenvalue weighted by molar-refractivity contribution is 6.31. The van der Waals surface area contributed by atoms with Gasteiger partial charge >= 0.3 is 0 Å². The molecule has 0 aliphatic rings. The summed E-state index contributed by atoms with van der Waals surface area (Å²) in [6.45, 7) is 1.98. The van der Waals surface area contributed by atoms with Crippen LogP contribution in [0.25, 0.3) is 0 Å². The Morgan fingerprint density at radius 2 is 2.26 bits per heavy atom. The average molecular weight is 279 g/mol. The molecule has 0 spiro atoms. The van der Waals surface area contributed by atoms with Gasteiger partial charge in [-0.15, -0.1) is 0 Å². The van der Waals surface area contributed by atoms with Crippen molar-refractivity contribution in [3.8, 4) is 0 Å². The molecule has 2 rings (SSSR count). The Morgan fingerprint density at radius 1 is 1.53 bits per heavy atom. The number of nitrogens with one attached hydrogen (secondary N) is 1. The molecule has 0 fully saturated rings. The van der Waals surface area contributed by atoms with Crippen molar-refractivity contribution in [2.24, 2.45) is 7.05 Å². The van der Waals surface area contributed by atoms with Crippen LogP contribution in [0.15, 0.2) is 24.4 Å². The molecule has 100 valence electrons. The van der Waals surface area contributed by atoms with Crippen molar-refractivity contribution in [2.75, 3.05) is 11.1 Å². The summed E-state index contributed by atoms with van der Waals surface area (Å²) in [5.74, 6) is -0.289. The summed E-state index contributed by atoms with van der Waals surface area (Å²) < 4.78 is 1.66. The van der Waals surface area contributed by atoms with Crippen molar-refractivity contribution < 1.29 is 4.79 Å². The molecule has 0 aliphatic heterocycles. The first-order valence-corrected chi connectivity index (χ1v) is 6.28. The summed E-state index contributed by atoms with van der Waals surface area (Å²) in [5.41, 5.74) is 8.05. The van der Waals surface area contributed by atoms with Gasteiger partial charge in [-0.05, 0) is 24.6 Å². The zero-order valence-electron chi connectivity index (χ0n) is 10.8. The molecule has 1 aromatic heterocycles. The van der Waals surface area contributed by atoms with Gasteiger partial charge in [0.15, 0.2) is 0 Å². The van der Waals surface area contributed by atoms with Gasteiger partial charge in [0, 0.05) is 24.0 Å². The van der Waals surface area contributed by atoms with Crippen LogP contribution in [0.3, 0.4) is 0 Å². The maximum Gasteiger partial charge on any atom is 0.257 e. The van der Waals surface area contributed by atoms with Crippen LogP contribution in [-0.2, 0) is 13.5 Å². The Hall–Kier alpha value is -2.01. The van der Waals surface area contributed by atoms with Gasteiger partial charge in [0.2, 0.25) is 0 Å². The van der Waals surface area contributed by atoms with E-state index in [-0.39, 0.29) is 5.91 Å². The normalized spacial score (nSPS) is 10.5. The van der Waals surface area contributed by atoms with Crippen molar-refractivity contribution in [3.05, 3.63) is 40.7 Å². The molecule has 0 saturated heterocycles. The van der Waals surface area contributed by atoms with Crippen LogP contribution in [0, 0.1) is 0 Å². The van der Waals surface area contributed by atoms with Gasteiger partial charge < -0.3 is 11.1 Å². The predicted octanol–water partition coefficient (Wildman–Crippen LogP) is 2.47. The molecular formula is C13H15ClN4O. The van der Waals surface area contributed by atoms with E-state index in [1.165, 1.54) is 0 Å². The zero-order chi connectivity index (χ0) is 14.0. The van der Waals surface area contributed by atoms with E-state index in [0.29, 0.717) is 22.0 Å². The zero-order valence-corrected chi connectivity index (χ0v) is 11.5. The van der Waals surface area contributed by atoms with Gasteiger partial charge in [-0.1, -0.05) is 18.5 Å². The number of nitrogens with two attached hydrogens (primary N) is 1. The number of carbonyl (C=O) groups excluding carboxylic acids is 1. The summed E-state index contributed by atoms with van der Waals surface area (Å²) in [4.78, 5) is 12.2. The number of benzene rings is 1. The molecule has 0 unspecified atom stereocenters. The number of nitrogen functional groups attached to an aromatic ring is 1. The fourth-order valence-electron chi connectivity index (χ4n) is 1.81. The van der Waals surface area contributed by atoms with Crippen LogP contribution in [0.5, 0.6) is 0 Å². The van der Waals surface area contributed by atoms with E-state index >= 15 is 0 Å². The molecule has 0 bridgehead atoms. The number of anilines is 2. The summed E-state index contributed by atoms with van der Waals surface area (Å²) >= 11 is 5.87. The molecule has 0 atom stereocenters. The van der Waals surface area contributed by atoms with E-state index in [0.717, 1.165) is 12.1 Å². The lowest BCUT2D eigenvalue weighted by molar-refractivity contribution is 0.102. The van der Waals surface area contributed by atoms with Crippen molar-refractivity contribution in [1.82, 2.24) is 9.78 Å². The predicted molar refractivity (Wildman–Crippen MR) is 76.4 cm³/mol. The first-order chi connectivity index (χ1) is 9.01. The standard InChI is InChI=1S/C13H15ClN4O/c1-3-11-12(7-18(2)17-11)16-13(19)9-6-8(14)4-5-10(9)15/h4-7H,3,15H2,1-2H3,(H,16,19). The number of carbonyl (C=O) groups is 1. The van der Waals surface area contributed by atoms with Crippen LogP contribution < -0.4 is 11.1 Å². The minimum Gasteiger partial charge on any atom is -0.398 e. The third-order valence-electron chi connectivity index (χ3n) is 2.75. The van der Waals surface area contributed by atoms with E-state index in [4.69, 9.17) is 17.3 Å². The van der Waals surface area contributed by atoms with Gasteiger partial charge in [-0.3, -0.25) is 9.48 Å². The van der Waals surface area contributed by atoms with Gasteiger partial charge in [-0.25, -0.2) is 0 Å². The Morgan fingerprint density at radius 3 is 2.95 bits per heavy atom. The van der Waals surface area contributed by atoms with Gasteiger partial charge in [0.25, 0.3) is 5.91 Å². The molecule has 0 aliphatic carbocycles. The Balaban J connectivity index is 2.27. The molecule has 0 saturated carbocycles. The van der Waals surface area contributed by atoms with Crippen LogP contribution >= 0.6 is 11.6 Å². The smallest absolute Gasteiger partial charge is 0.257 e. The number of hydrogen-bond donors (Lipinski definition) is 2. The lowest BCUT2D eigenvalue weighted by atomic mass is 10.1. The Labute approximate surface area is 116 Å². The van der Waals surface area contributed by atoms with Crippen molar-refractivity contribution in [2.45, 2.75) is 13.3 Å². The maximum atomic E-state index is 12.2. The van der Waals surface area contributed by atoms with Gasteiger partial charge in [0.05, 0.1) is 16.9 Å². The molecule has 1 amide bonds. The number of halogens is 1. The third-order valence-corrected chi connectivity index (χ3v) is 2.98. The first-order valence-electron chi connectivity index (χ1n) is 5.90. The second-order valence-electron chi connectivity index (χ2n) is 4.20. The minimum atomic E-state index is -0.289. The highest BCUT2D eigenvalue weighted by Gasteiger charge is 2.14. The van der Waals surface area contributed by atoms with Crippen LogP contribution in [0.4, 0.5) is 11.4 Å². The quantitative estimate of drug-likeness (QED) is 0.847. The second kappa shape index (κ2) is 5.32. The fraction of sp³-hybridized carbons (Fsp3) is 0.231. The monoisotopic (exact) mass is 278 g/mol. The highest BCUT2D eigenvalue weighted by atomic mass is 35.5. The number of nitrogens with zero attached hydrogens (tertiary/aromatic N) is 2. The first kappa shape index (κ1) is 13.4. The van der Waals surface area contributed by atoms with Crippen LogP contribution in [0.2, 0.25) is 5.02 Å². The summed E-state index contributed by atoms with van der Waals surface area (Å²) in [7, 11) is 1.81. The Bertz CT molecular complexity index is 621. The SMILES string of the molecule is CCc1nn(C)cc1NC(=O)c1cc(Cl)ccc1N. The number of aryl methyl sites for hydroxylation is 2. The topological polar surface area (TPSA) is 72.9 Å².